The van der Waals surface area contributed by atoms with Gasteiger partial charge in [-0.25, -0.2) is 8.78 Å². The van der Waals surface area contributed by atoms with E-state index in [-0.39, 0.29) is 18.8 Å². The van der Waals surface area contributed by atoms with Gasteiger partial charge in [0.15, 0.2) is 13.2 Å². The molecule has 0 saturated heterocycles. The van der Waals surface area contributed by atoms with Crippen molar-refractivity contribution in [2.45, 2.75) is 55.5 Å². The van der Waals surface area contributed by atoms with Crippen molar-refractivity contribution < 1.29 is 46.1 Å². The number of aliphatic hydroxyl groups excluding tert-OH is 1. The van der Waals surface area contributed by atoms with Crippen molar-refractivity contribution in [3.63, 3.8) is 0 Å². The number of carbonyl (C=O) groups excluding carboxylic acids is 2. The van der Waals surface area contributed by atoms with E-state index in [0.717, 1.165) is 6.07 Å². The molecule has 0 unspecified atom stereocenters. The number of hydrogen-bond donors (Lipinski definition) is 3. The van der Waals surface area contributed by atoms with E-state index in [4.69, 9.17) is 9.47 Å². The summed E-state index contributed by atoms with van der Waals surface area (Å²) in [6, 6.07) is 7.25. The summed E-state index contributed by atoms with van der Waals surface area (Å²) in [5.74, 6) is -2.86. The second-order valence-corrected chi connectivity index (χ2v) is 9.42. The molecule has 1 atom stereocenters. The van der Waals surface area contributed by atoms with E-state index < -0.39 is 59.0 Å². The Kier molecular flexibility index (Phi) is 7.31. The molecule has 2 aromatic rings. The van der Waals surface area contributed by atoms with E-state index in [1.807, 2.05) is 0 Å². The first kappa shape index (κ1) is 26.6. The number of carbonyl (C=O) groups is 2. The molecule has 0 heterocycles. The van der Waals surface area contributed by atoms with Crippen molar-refractivity contribution in [2.75, 3.05) is 13.2 Å². The summed E-state index contributed by atoms with van der Waals surface area (Å²) in [6.07, 6.45) is -3.92. The van der Waals surface area contributed by atoms with Gasteiger partial charge < -0.3 is 25.2 Å². The lowest BCUT2D eigenvalue weighted by Gasteiger charge is -2.56. The van der Waals surface area contributed by atoms with Crippen LogP contribution in [0.15, 0.2) is 42.5 Å². The Morgan fingerprint density at radius 1 is 0.892 bits per heavy atom. The summed E-state index contributed by atoms with van der Waals surface area (Å²) in [4.78, 5) is 24.9. The number of halogens is 5. The lowest BCUT2D eigenvalue weighted by molar-refractivity contribution is -0.140. The van der Waals surface area contributed by atoms with Gasteiger partial charge in [-0.1, -0.05) is 0 Å². The molecule has 3 N–H and O–H groups in total. The lowest BCUT2D eigenvalue weighted by Crippen LogP contribution is -2.70. The van der Waals surface area contributed by atoms with Crippen molar-refractivity contribution in [1.82, 2.24) is 10.6 Å². The molecule has 2 aromatic carbocycles. The van der Waals surface area contributed by atoms with Crippen LogP contribution in [0, 0.1) is 11.6 Å². The van der Waals surface area contributed by atoms with Crippen LogP contribution in [0.5, 0.6) is 11.5 Å². The molecule has 5 rings (SSSR count). The van der Waals surface area contributed by atoms with Crippen LogP contribution in [0.25, 0.3) is 0 Å². The van der Waals surface area contributed by atoms with Gasteiger partial charge in [-0.05, 0) is 68.5 Å². The number of nitrogens with one attached hydrogen (secondary N) is 2. The molecule has 3 fully saturated rings. The SMILES string of the molecule is O=C(COc1ccc(F)cc1)NC12CCC(NC(=O)COc3ccc(C(F)(F)F)c(F)c3)(CC1)[C@H](O)C2. The average Bonchev–Trinajstić information content (AvgIpc) is 2.83. The number of benzene rings is 2. The molecule has 0 spiro atoms. The maximum Gasteiger partial charge on any atom is 0.419 e. The predicted octanol–water partition coefficient (Wildman–Crippen LogP) is 3.49. The third-order valence-corrected chi connectivity index (χ3v) is 6.91. The van der Waals surface area contributed by atoms with Gasteiger partial charge in [0.2, 0.25) is 0 Å². The van der Waals surface area contributed by atoms with Gasteiger partial charge >= 0.3 is 6.18 Å². The maximum absolute atomic E-state index is 13.7. The first-order chi connectivity index (χ1) is 17.4. The standard InChI is InChI=1S/C25H25F5N2O5/c26-15-1-3-16(4-2-15)36-13-21(34)31-23-7-9-24(10-8-23,20(33)12-23)32-22(35)14-37-17-5-6-18(19(27)11-17)25(28,29)30/h1-6,11,20,33H,7-10,12-14H2,(H,31,34)(H,32,35)/t20-,23?,24?/m1/s1. The topological polar surface area (TPSA) is 96.9 Å². The number of rotatable bonds is 8. The molecule has 0 aliphatic heterocycles. The van der Waals surface area contributed by atoms with Gasteiger partial charge in [0.25, 0.3) is 11.8 Å². The van der Waals surface area contributed by atoms with Crippen molar-refractivity contribution in [1.29, 1.82) is 0 Å². The summed E-state index contributed by atoms with van der Waals surface area (Å²) in [5.41, 5.74) is -3.04. The summed E-state index contributed by atoms with van der Waals surface area (Å²) in [5, 5.41) is 16.5. The van der Waals surface area contributed by atoms with E-state index >= 15 is 0 Å². The minimum absolute atomic E-state index is 0.195. The second kappa shape index (κ2) is 10.2. The van der Waals surface area contributed by atoms with E-state index in [9.17, 15) is 36.6 Å². The molecule has 0 radical (unpaired) electrons. The van der Waals surface area contributed by atoms with Crippen LogP contribution in [0.4, 0.5) is 22.0 Å². The summed E-state index contributed by atoms with van der Waals surface area (Å²) in [6.45, 7) is -0.866. The number of aliphatic hydroxyl groups is 1. The third kappa shape index (κ3) is 6.12. The van der Waals surface area contributed by atoms with Gasteiger partial charge in [0.05, 0.1) is 17.2 Å². The van der Waals surface area contributed by atoms with Crippen LogP contribution in [-0.2, 0) is 15.8 Å². The molecule has 2 amide bonds. The zero-order valence-electron chi connectivity index (χ0n) is 19.5. The van der Waals surface area contributed by atoms with Gasteiger partial charge in [0, 0.05) is 11.6 Å². The Balaban J connectivity index is 1.27. The Bertz CT molecular complexity index is 1150. The highest BCUT2D eigenvalue weighted by Gasteiger charge is 2.55. The van der Waals surface area contributed by atoms with E-state index in [1.165, 1.54) is 24.3 Å². The van der Waals surface area contributed by atoms with Crippen LogP contribution < -0.4 is 20.1 Å². The molecule has 37 heavy (non-hydrogen) atoms. The minimum Gasteiger partial charge on any atom is -0.484 e. The minimum atomic E-state index is -4.85. The molecular weight excluding hydrogens is 503 g/mol. The molecule has 3 aliphatic rings. The highest BCUT2D eigenvalue weighted by atomic mass is 19.4. The molecule has 0 aromatic heterocycles. The van der Waals surface area contributed by atoms with Gasteiger partial charge in [-0.3, -0.25) is 9.59 Å². The van der Waals surface area contributed by atoms with Crippen LogP contribution in [0.2, 0.25) is 0 Å². The first-order valence-corrected chi connectivity index (χ1v) is 11.6. The van der Waals surface area contributed by atoms with Crippen molar-refractivity contribution in [3.8, 4) is 11.5 Å². The Morgan fingerprint density at radius 2 is 1.46 bits per heavy atom. The lowest BCUT2D eigenvalue weighted by atomic mass is 9.60. The quantitative estimate of drug-likeness (QED) is 0.456. The van der Waals surface area contributed by atoms with Crippen LogP contribution >= 0.6 is 0 Å². The number of fused-ring (bicyclic) bond motifs is 3. The van der Waals surface area contributed by atoms with Gasteiger partial charge in [-0.15, -0.1) is 0 Å². The molecule has 3 saturated carbocycles. The maximum atomic E-state index is 13.7. The molecule has 12 heteroatoms. The fourth-order valence-electron chi connectivity index (χ4n) is 4.95. The third-order valence-electron chi connectivity index (χ3n) is 6.91. The fraction of sp³-hybridized carbons (Fsp3) is 0.440. The number of amides is 2. The number of hydrogen-bond acceptors (Lipinski definition) is 5. The van der Waals surface area contributed by atoms with Gasteiger partial charge in [0.1, 0.15) is 23.1 Å². The smallest absolute Gasteiger partial charge is 0.419 e. The normalized spacial score (nSPS) is 24.9. The zero-order valence-corrected chi connectivity index (χ0v) is 19.5. The Hall–Kier alpha value is -3.41. The van der Waals surface area contributed by atoms with Crippen LogP contribution in [0.3, 0.4) is 0 Å². The molecule has 3 aliphatic carbocycles. The van der Waals surface area contributed by atoms with Gasteiger partial charge in [-0.2, -0.15) is 13.2 Å². The van der Waals surface area contributed by atoms with Crippen molar-refractivity contribution in [3.05, 3.63) is 59.7 Å². The van der Waals surface area contributed by atoms with Crippen LogP contribution in [0.1, 0.15) is 37.7 Å². The Labute approximate surface area is 208 Å². The summed E-state index contributed by atoms with van der Waals surface area (Å²) < 4.78 is 75.3. The van der Waals surface area contributed by atoms with E-state index in [2.05, 4.69) is 10.6 Å². The molecular formula is C25H25F5N2O5. The molecule has 7 nitrogen and oxygen atoms in total. The van der Waals surface area contributed by atoms with E-state index in [1.54, 1.807) is 0 Å². The first-order valence-electron chi connectivity index (χ1n) is 11.6. The zero-order chi connectivity index (χ0) is 26.8. The summed E-state index contributed by atoms with van der Waals surface area (Å²) in [7, 11) is 0. The van der Waals surface area contributed by atoms with Crippen molar-refractivity contribution in [2.24, 2.45) is 0 Å². The molecule has 200 valence electrons. The highest BCUT2D eigenvalue weighted by Crippen LogP contribution is 2.47. The Morgan fingerprint density at radius 3 is 2.03 bits per heavy atom. The predicted molar refractivity (Wildman–Crippen MR) is 120 cm³/mol. The van der Waals surface area contributed by atoms with Crippen molar-refractivity contribution >= 4 is 11.8 Å². The monoisotopic (exact) mass is 528 g/mol. The fourth-order valence-corrected chi connectivity index (χ4v) is 4.95. The number of alkyl halides is 3. The molecule has 2 bridgehead atoms. The number of ether oxygens (including phenoxy) is 2. The second-order valence-electron chi connectivity index (χ2n) is 9.42. The summed E-state index contributed by atoms with van der Waals surface area (Å²) >= 11 is 0. The largest absolute Gasteiger partial charge is 0.484 e. The van der Waals surface area contributed by atoms with E-state index in [0.29, 0.717) is 43.6 Å². The average molecular weight is 528 g/mol. The highest BCUT2D eigenvalue weighted by molar-refractivity contribution is 5.79. The van der Waals surface area contributed by atoms with Crippen LogP contribution in [-0.4, -0.2) is 47.3 Å².